The lowest BCUT2D eigenvalue weighted by atomic mass is 10.1. The van der Waals surface area contributed by atoms with Crippen LogP contribution in [-0.2, 0) is 11.2 Å². The number of nitrogens with zero attached hydrogens (tertiary/aromatic N) is 2. The highest BCUT2D eigenvalue weighted by Crippen LogP contribution is 2.26. The van der Waals surface area contributed by atoms with Crippen LogP contribution in [0.15, 0.2) is 54.6 Å². The first-order chi connectivity index (χ1) is 12.2. The predicted molar refractivity (Wildman–Crippen MR) is 99.9 cm³/mol. The first-order valence-corrected chi connectivity index (χ1v) is 8.88. The van der Waals surface area contributed by atoms with E-state index in [-0.39, 0.29) is 5.91 Å². The molecule has 0 atom stereocenters. The van der Waals surface area contributed by atoms with E-state index in [1.54, 1.807) is 7.11 Å². The molecule has 0 saturated heterocycles. The average Bonchev–Trinajstić information content (AvgIpc) is 3.11. The molecule has 0 aliphatic rings. The van der Waals surface area contributed by atoms with Gasteiger partial charge < -0.3 is 10.1 Å². The van der Waals surface area contributed by atoms with E-state index in [1.165, 1.54) is 16.9 Å². The summed E-state index contributed by atoms with van der Waals surface area (Å²) in [6.45, 7) is 0. The van der Waals surface area contributed by atoms with Crippen LogP contribution >= 0.6 is 11.3 Å². The first-order valence-electron chi connectivity index (χ1n) is 8.06. The monoisotopic (exact) mass is 353 g/mol. The Labute approximate surface area is 150 Å². The fourth-order valence-electron chi connectivity index (χ4n) is 2.40. The third-order valence-corrected chi connectivity index (χ3v) is 4.61. The van der Waals surface area contributed by atoms with Crippen molar-refractivity contribution in [2.45, 2.75) is 19.3 Å². The van der Waals surface area contributed by atoms with Crippen molar-refractivity contribution >= 4 is 22.4 Å². The predicted octanol–water partition coefficient (Wildman–Crippen LogP) is 4.18. The lowest BCUT2D eigenvalue weighted by Crippen LogP contribution is -2.11. The molecule has 0 saturated carbocycles. The highest BCUT2D eigenvalue weighted by atomic mass is 32.1. The Bertz CT molecular complexity index is 816. The lowest BCUT2D eigenvalue weighted by Gasteiger charge is -2.04. The molecular weight excluding hydrogens is 334 g/mol. The molecule has 1 aromatic heterocycles. The standard InChI is InChI=1S/C19H19N3O2S/c1-24-16-12-10-14(11-13-16)6-5-9-17(23)20-19-22-21-18(25-19)15-7-3-2-4-8-15/h2-4,7-8,10-13H,5-6,9H2,1H3,(H,20,22,23). The molecular formula is C19H19N3O2S. The van der Waals surface area contributed by atoms with Crippen molar-refractivity contribution in [3.63, 3.8) is 0 Å². The molecule has 5 nitrogen and oxygen atoms in total. The van der Waals surface area contributed by atoms with Gasteiger partial charge in [0.2, 0.25) is 11.0 Å². The van der Waals surface area contributed by atoms with Crippen LogP contribution in [0.3, 0.4) is 0 Å². The molecule has 25 heavy (non-hydrogen) atoms. The van der Waals surface area contributed by atoms with Gasteiger partial charge in [0.05, 0.1) is 7.11 Å². The molecule has 3 aromatic rings. The normalized spacial score (nSPS) is 10.4. The van der Waals surface area contributed by atoms with E-state index in [9.17, 15) is 4.79 Å². The molecule has 0 aliphatic heterocycles. The maximum atomic E-state index is 12.1. The summed E-state index contributed by atoms with van der Waals surface area (Å²) in [5.74, 6) is 0.802. The molecule has 128 valence electrons. The SMILES string of the molecule is COc1ccc(CCCC(=O)Nc2nnc(-c3ccccc3)s2)cc1. The van der Waals surface area contributed by atoms with E-state index in [0.29, 0.717) is 11.6 Å². The second-order valence-electron chi connectivity index (χ2n) is 5.53. The van der Waals surface area contributed by atoms with Gasteiger partial charge in [-0.3, -0.25) is 4.79 Å². The van der Waals surface area contributed by atoms with E-state index < -0.39 is 0 Å². The summed E-state index contributed by atoms with van der Waals surface area (Å²) in [6.07, 6.45) is 2.08. The molecule has 0 radical (unpaired) electrons. The van der Waals surface area contributed by atoms with Crippen LogP contribution in [0.2, 0.25) is 0 Å². The molecule has 1 N–H and O–H groups in total. The lowest BCUT2D eigenvalue weighted by molar-refractivity contribution is -0.116. The first kappa shape index (κ1) is 17.1. The zero-order chi connectivity index (χ0) is 17.5. The molecule has 0 spiro atoms. The Balaban J connectivity index is 1.47. The number of carbonyl (C=O) groups excluding carboxylic acids is 1. The maximum Gasteiger partial charge on any atom is 0.226 e. The van der Waals surface area contributed by atoms with Crippen molar-refractivity contribution in [1.82, 2.24) is 10.2 Å². The molecule has 1 amide bonds. The van der Waals surface area contributed by atoms with Crippen molar-refractivity contribution in [2.75, 3.05) is 12.4 Å². The van der Waals surface area contributed by atoms with Gasteiger partial charge in [-0.05, 0) is 30.5 Å². The van der Waals surface area contributed by atoms with E-state index in [2.05, 4.69) is 15.5 Å². The summed E-state index contributed by atoms with van der Waals surface area (Å²) in [6, 6.07) is 17.7. The average molecular weight is 353 g/mol. The number of amides is 1. The molecule has 6 heteroatoms. The largest absolute Gasteiger partial charge is 0.497 e. The number of aromatic nitrogens is 2. The van der Waals surface area contributed by atoms with E-state index in [0.717, 1.165) is 29.2 Å². The fraction of sp³-hybridized carbons (Fsp3) is 0.211. The van der Waals surface area contributed by atoms with Crippen molar-refractivity contribution in [3.8, 4) is 16.3 Å². The maximum absolute atomic E-state index is 12.1. The molecule has 1 heterocycles. The molecule has 3 rings (SSSR count). The fourth-order valence-corrected chi connectivity index (χ4v) is 3.16. The van der Waals surface area contributed by atoms with Crippen LogP contribution in [-0.4, -0.2) is 23.2 Å². The van der Waals surface area contributed by atoms with Gasteiger partial charge >= 0.3 is 0 Å². The van der Waals surface area contributed by atoms with Gasteiger partial charge in [-0.2, -0.15) is 0 Å². The van der Waals surface area contributed by atoms with Crippen molar-refractivity contribution in [1.29, 1.82) is 0 Å². The second kappa shape index (κ2) is 8.39. The Morgan fingerprint density at radius 3 is 2.56 bits per heavy atom. The smallest absolute Gasteiger partial charge is 0.226 e. The number of anilines is 1. The Kier molecular flexibility index (Phi) is 5.74. The molecule has 0 bridgehead atoms. The van der Waals surface area contributed by atoms with Gasteiger partial charge in [0, 0.05) is 12.0 Å². The number of ether oxygens (including phenoxy) is 1. The van der Waals surface area contributed by atoms with E-state index in [1.807, 2.05) is 54.6 Å². The zero-order valence-electron chi connectivity index (χ0n) is 13.9. The van der Waals surface area contributed by atoms with Gasteiger partial charge in [0.1, 0.15) is 10.8 Å². The van der Waals surface area contributed by atoms with Crippen LogP contribution in [0.1, 0.15) is 18.4 Å². The van der Waals surface area contributed by atoms with E-state index in [4.69, 9.17) is 4.74 Å². The van der Waals surface area contributed by atoms with Crippen LogP contribution < -0.4 is 10.1 Å². The van der Waals surface area contributed by atoms with Crippen LogP contribution in [0, 0.1) is 0 Å². The number of hydrogen-bond donors (Lipinski definition) is 1. The third kappa shape index (κ3) is 4.87. The van der Waals surface area contributed by atoms with Gasteiger partial charge in [0.25, 0.3) is 0 Å². The number of hydrogen-bond acceptors (Lipinski definition) is 5. The quantitative estimate of drug-likeness (QED) is 0.692. The van der Waals surface area contributed by atoms with Gasteiger partial charge in [-0.15, -0.1) is 10.2 Å². The van der Waals surface area contributed by atoms with Crippen molar-refractivity contribution in [3.05, 3.63) is 60.2 Å². The summed E-state index contributed by atoms with van der Waals surface area (Å²) in [7, 11) is 1.65. The minimum atomic E-state index is -0.0377. The molecule has 0 fully saturated rings. The van der Waals surface area contributed by atoms with Gasteiger partial charge in [0.15, 0.2) is 0 Å². The Hall–Kier alpha value is -2.73. The zero-order valence-corrected chi connectivity index (χ0v) is 14.8. The summed E-state index contributed by atoms with van der Waals surface area (Å²) < 4.78 is 5.14. The highest BCUT2D eigenvalue weighted by Gasteiger charge is 2.09. The minimum Gasteiger partial charge on any atom is -0.497 e. The number of aryl methyl sites for hydroxylation is 1. The van der Waals surface area contributed by atoms with Gasteiger partial charge in [-0.25, -0.2) is 0 Å². The second-order valence-corrected chi connectivity index (χ2v) is 6.51. The van der Waals surface area contributed by atoms with E-state index >= 15 is 0 Å². The van der Waals surface area contributed by atoms with Crippen molar-refractivity contribution in [2.24, 2.45) is 0 Å². The third-order valence-electron chi connectivity index (χ3n) is 3.72. The molecule has 0 unspecified atom stereocenters. The number of benzene rings is 2. The van der Waals surface area contributed by atoms with Gasteiger partial charge in [-0.1, -0.05) is 53.8 Å². The topological polar surface area (TPSA) is 64.1 Å². The molecule has 0 aliphatic carbocycles. The Morgan fingerprint density at radius 1 is 1.08 bits per heavy atom. The van der Waals surface area contributed by atoms with Crippen molar-refractivity contribution < 1.29 is 9.53 Å². The summed E-state index contributed by atoms with van der Waals surface area (Å²) in [5.41, 5.74) is 2.19. The Morgan fingerprint density at radius 2 is 1.84 bits per heavy atom. The number of methoxy groups -OCH3 is 1. The summed E-state index contributed by atoms with van der Waals surface area (Å²) >= 11 is 1.38. The number of rotatable bonds is 7. The number of nitrogens with one attached hydrogen (secondary N) is 1. The van der Waals surface area contributed by atoms with Crippen LogP contribution in [0.25, 0.3) is 10.6 Å². The van der Waals surface area contributed by atoms with Crippen LogP contribution in [0.5, 0.6) is 5.75 Å². The van der Waals surface area contributed by atoms with Crippen LogP contribution in [0.4, 0.5) is 5.13 Å². The highest BCUT2D eigenvalue weighted by molar-refractivity contribution is 7.18. The summed E-state index contributed by atoms with van der Waals surface area (Å²) in [4.78, 5) is 12.1. The number of carbonyl (C=O) groups is 1. The molecule has 2 aromatic carbocycles. The minimum absolute atomic E-state index is 0.0377. The summed E-state index contributed by atoms with van der Waals surface area (Å²) in [5, 5.41) is 12.3.